The van der Waals surface area contributed by atoms with Crippen LogP contribution in [-0.4, -0.2) is 91.1 Å². The average Bonchev–Trinajstić information content (AvgIpc) is 4.02. The molecule has 1 heterocycles. The first-order valence-electron chi connectivity index (χ1n) is 24.3. The van der Waals surface area contributed by atoms with Gasteiger partial charge in [0.05, 0.1) is 30.4 Å². The van der Waals surface area contributed by atoms with E-state index in [1.807, 2.05) is 38.1 Å². The Morgan fingerprint density at radius 3 is 1.37 bits per heavy atom. The predicted molar refractivity (Wildman–Crippen MR) is 322 cm³/mol. The van der Waals surface area contributed by atoms with Crippen molar-refractivity contribution in [2.45, 2.75) is 83.9 Å². The Morgan fingerprint density at radius 1 is 0.732 bits per heavy atom. The molecule has 17 nitrogen and oxygen atoms in total. The molecule has 6 rings (SSSR count). The molecule has 5 aromatic rings. The molecule has 5 N–H and O–H groups in total. The molecule has 1 aliphatic heterocycles. The molecular formula is C55H75Br3Cl2K2LiN3O14S2. The number of carbonyl (C=O) groups excluding carboxylic acids is 3. The Labute approximate surface area is 620 Å². The molecule has 444 valence electrons. The largest absolute Gasteiger partial charge is 1.00 e. The molecule has 1 aliphatic rings. The van der Waals surface area contributed by atoms with Gasteiger partial charge in [0.15, 0.2) is 5.78 Å². The number of hydrogen-bond acceptors (Lipinski definition) is 14. The van der Waals surface area contributed by atoms with Crippen LogP contribution in [0.2, 0.25) is 10.0 Å². The van der Waals surface area contributed by atoms with Crippen LogP contribution >= 0.6 is 71.0 Å². The number of aromatic hydroxyl groups is 1. The van der Waals surface area contributed by atoms with Gasteiger partial charge in [0.1, 0.15) is 27.0 Å². The van der Waals surface area contributed by atoms with Crippen molar-refractivity contribution in [3.8, 4) is 17.2 Å². The number of benzene rings is 5. The molecule has 1 saturated heterocycles. The second-order valence-corrected chi connectivity index (χ2v) is 23.8. The van der Waals surface area contributed by atoms with E-state index in [1.165, 1.54) is 63.8 Å². The minimum Gasteiger partial charge on any atom is -1.00 e. The van der Waals surface area contributed by atoms with Crippen molar-refractivity contribution in [2.75, 3.05) is 45.9 Å². The summed E-state index contributed by atoms with van der Waals surface area (Å²) in [6, 6.07) is 29.1. The number of alkyl halides is 1. The zero-order valence-corrected chi connectivity index (χ0v) is 63.0. The number of hydrogen-bond donors (Lipinski definition) is 3. The summed E-state index contributed by atoms with van der Waals surface area (Å²) in [5.74, 6) is 2.85. The molecule has 27 heteroatoms. The molecule has 0 bridgehead atoms. The Bertz CT molecular complexity index is 2700. The average molecular weight is 1460 g/mol. The van der Waals surface area contributed by atoms with Crippen molar-refractivity contribution in [2.24, 2.45) is 28.0 Å². The van der Waals surface area contributed by atoms with E-state index in [2.05, 4.69) is 94.2 Å². The summed E-state index contributed by atoms with van der Waals surface area (Å²) in [6.45, 7) is 21.6. The molecule has 0 spiro atoms. The predicted octanol–water partition coefficient (Wildman–Crippen LogP) is 3.53. The third kappa shape index (κ3) is 45.0. The van der Waals surface area contributed by atoms with E-state index < -0.39 is 26.0 Å². The molecule has 82 heavy (non-hydrogen) atoms. The second-order valence-electron chi connectivity index (χ2n) is 17.5. The van der Waals surface area contributed by atoms with Crippen molar-refractivity contribution >= 4 is 109 Å². The van der Waals surface area contributed by atoms with Crippen LogP contribution in [0.3, 0.4) is 0 Å². The molecule has 0 aliphatic carbocycles. The molecule has 0 atom stereocenters. The number of nitrogens with two attached hydrogens (primary N) is 2. The third-order valence-corrected chi connectivity index (χ3v) is 14.1. The Kier molecular flexibility index (Phi) is 58.0. The first kappa shape index (κ1) is 90.4. The van der Waals surface area contributed by atoms with Gasteiger partial charge in [-0.15, -0.1) is 0 Å². The van der Waals surface area contributed by atoms with Crippen LogP contribution in [0.1, 0.15) is 102 Å². The smallest absolute Gasteiger partial charge is 1.00 e. The van der Waals surface area contributed by atoms with Crippen molar-refractivity contribution in [3.63, 3.8) is 0 Å². The first-order chi connectivity index (χ1) is 37.0. The zero-order chi connectivity index (χ0) is 60.7. The first-order valence-corrected chi connectivity index (χ1v) is 30.8. The van der Waals surface area contributed by atoms with Gasteiger partial charge in [0.2, 0.25) is 20.0 Å². The summed E-state index contributed by atoms with van der Waals surface area (Å²) in [4.78, 5) is 39.6. The van der Waals surface area contributed by atoms with Crippen molar-refractivity contribution < 1.29 is 189 Å². The maximum atomic E-state index is 12.5. The van der Waals surface area contributed by atoms with Gasteiger partial charge in [0.25, 0.3) is 12.4 Å². The quantitative estimate of drug-likeness (QED) is 0.0258. The number of sulfonamides is 2. The summed E-state index contributed by atoms with van der Waals surface area (Å²) in [6.07, 6.45) is 4.83. The van der Waals surface area contributed by atoms with Crippen molar-refractivity contribution in [3.05, 3.63) is 152 Å². The minimum atomic E-state index is -4.00. The fourth-order valence-electron chi connectivity index (χ4n) is 4.86. The number of carbonyl (C=O) groups is 3. The summed E-state index contributed by atoms with van der Waals surface area (Å²) in [7, 11) is -5.25. The molecule has 5 aromatic carbocycles. The topological polar surface area (TPSA) is 264 Å². The summed E-state index contributed by atoms with van der Waals surface area (Å²) in [5.41, 5.74) is 0.719. The number of halogens is 5. The van der Waals surface area contributed by atoms with Gasteiger partial charge >= 0.3 is 122 Å². The standard InChI is InChI=1S/C17H18ClNO4S.C10H13BrO.C9H11ClN2O4S.C6H5BrO.C4H9Br.C4H8O.C4H9.CH2O3.2K.Li.H/c1-11(2)10-23-14-6-3-12(4-7-14)17(20)13-5-8-15(18)16(9-13)24(19,21)22;1-8(2)7-12-10-5-3-9(11)4-6-10;1-12(16-2)9(13)6-3-4-7(10)8(5-6)17(11,14)15;7-5-1-3-6(8)4-2-5;1-4(2)3-5;1-2-4-5-3-1;1-3-4-2;2-1-4-3;;;;/h3-9,11H,10H2,1-2H3,(H2,19,21,22);3-6,8H,7H2,1-2H3;3-5H,1-2H3,(H2,11,14,15);1-4,8H;4H,3H2,1-2H3;1-4H2;1,3-4H2,2H3;1,3H;;;;/q;;;;;;-1;;3*+1;-1/p-1. The fraction of sp³-hybridized carbons (Fsp3) is 0.382. The van der Waals surface area contributed by atoms with Gasteiger partial charge in [-0.2, -0.15) is 6.42 Å². The molecule has 0 aromatic heterocycles. The number of amides is 1. The maximum Gasteiger partial charge on any atom is 1.00 e. The SMILES string of the molecule is C1CCOC1.CC(C)CBr.CC(C)COc1ccc(Br)cc1.CC(C)COc1ccc(C(=O)c2ccc(Cl)c(S(N)(=O)=O)c2)cc1.CON(C)C(=O)c1ccc(Cl)c(S(N)(=O)=O)c1.O=CO[O-].Oc1ccc(Br)cc1.[CH2-]CCC.[H-].[K+].[K+].[Li+]. The zero-order valence-electron chi connectivity index (χ0n) is 49.8. The van der Waals surface area contributed by atoms with Crippen LogP contribution in [0.5, 0.6) is 17.2 Å². The number of phenols is 1. The normalized spacial score (nSPS) is 10.8. The van der Waals surface area contributed by atoms with E-state index in [0.717, 1.165) is 63.3 Å². The number of nitrogens with zero attached hydrogens (tertiary/aromatic N) is 1. The van der Waals surface area contributed by atoms with E-state index in [4.69, 9.17) is 67.7 Å². The van der Waals surface area contributed by atoms with Gasteiger partial charge in [-0.25, -0.2) is 32.2 Å². The summed E-state index contributed by atoms with van der Waals surface area (Å²) < 4.78 is 63.5. The maximum absolute atomic E-state index is 12.5. The van der Waals surface area contributed by atoms with Gasteiger partial charge in [-0.05, 0) is 140 Å². The monoisotopic (exact) mass is 1460 g/mol. The van der Waals surface area contributed by atoms with E-state index in [0.29, 0.717) is 35.5 Å². The molecular weight excluding hydrogens is 1390 g/mol. The van der Waals surface area contributed by atoms with E-state index in [1.54, 1.807) is 48.5 Å². The van der Waals surface area contributed by atoms with Gasteiger partial charge in [0, 0.05) is 51.2 Å². The number of phenolic OH excluding ortho intramolecular Hbond substituents is 1. The van der Waals surface area contributed by atoms with E-state index in [-0.39, 0.29) is 166 Å². The van der Waals surface area contributed by atoms with Crippen LogP contribution in [0.4, 0.5) is 0 Å². The summed E-state index contributed by atoms with van der Waals surface area (Å²) >= 11 is 21.4. The Morgan fingerprint density at radius 2 is 1.07 bits per heavy atom. The molecule has 0 unspecified atom stereocenters. The number of unbranched alkanes of at least 4 members (excludes halogenated alkanes) is 1. The van der Waals surface area contributed by atoms with Crippen LogP contribution in [0.25, 0.3) is 0 Å². The van der Waals surface area contributed by atoms with Crippen molar-refractivity contribution in [1.82, 2.24) is 5.06 Å². The second kappa shape index (κ2) is 52.6. The number of rotatable bonds is 15. The molecule has 0 saturated carbocycles. The van der Waals surface area contributed by atoms with E-state index in [9.17, 15) is 26.4 Å². The van der Waals surface area contributed by atoms with Gasteiger partial charge in [-0.1, -0.05) is 126 Å². The van der Waals surface area contributed by atoms with Crippen LogP contribution in [0, 0.1) is 24.7 Å². The molecule has 0 radical (unpaired) electrons. The fourth-order valence-corrected chi connectivity index (χ4v) is 7.53. The van der Waals surface area contributed by atoms with Gasteiger partial charge < -0.3 is 37.8 Å². The molecule has 1 amide bonds. The number of primary sulfonamides is 2. The third-order valence-electron chi connectivity index (χ3n) is 9.00. The number of ketones is 1. The number of ether oxygens (including phenoxy) is 3. The Hall–Kier alpha value is -0.300. The van der Waals surface area contributed by atoms with Crippen molar-refractivity contribution in [1.29, 1.82) is 0 Å². The minimum absolute atomic E-state index is 0. The Balaban J connectivity index is -0.000000221. The van der Waals surface area contributed by atoms with Crippen LogP contribution < -0.4 is 147 Å². The summed E-state index contributed by atoms with van der Waals surface area (Å²) in [5, 5.41) is 29.2. The number of hydroxylamine groups is 2. The van der Waals surface area contributed by atoms with Gasteiger partial charge in [-0.3, -0.25) is 19.2 Å². The molecule has 1 fully saturated rings. The van der Waals surface area contributed by atoms with Crippen LogP contribution in [0.15, 0.2) is 128 Å². The van der Waals surface area contributed by atoms with E-state index >= 15 is 0 Å². The van der Waals surface area contributed by atoms with Crippen LogP contribution in [-0.2, 0) is 39.3 Å².